The van der Waals surface area contributed by atoms with Gasteiger partial charge in [-0.25, -0.2) is 0 Å². The Balaban J connectivity index is 2.00. The van der Waals surface area contributed by atoms with E-state index in [0.29, 0.717) is 5.56 Å². The Labute approximate surface area is 121 Å². The van der Waals surface area contributed by atoms with Gasteiger partial charge in [-0.2, -0.15) is 4.80 Å². The van der Waals surface area contributed by atoms with Gasteiger partial charge in [0.2, 0.25) is 0 Å². The second-order valence-electron chi connectivity index (χ2n) is 4.31. The predicted molar refractivity (Wildman–Crippen MR) is 78.4 cm³/mol. The zero-order valence-corrected chi connectivity index (χ0v) is 12.2. The van der Waals surface area contributed by atoms with Crippen molar-refractivity contribution in [1.29, 1.82) is 0 Å². The molecule has 0 aliphatic rings. The fourth-order valence-electron chi connectivity index (χ4n) is 1.52. The summed E-state index contributed by atoms with van der Waals surface area (Å²) in [7, 11) is 1.63. The van der Waals surface area contributed by atoms with Gasteiger partial charge in [-0.1, -0.05) is 11.2 Å². The fourth-order valence-corrected chi connectivity index (χ4v) is 1.71. The molecule has 0 aliphatic heterocycles. The van der Waals surface area contributed by atoms with E-state index in [2.05, 4.69) is 26.0 Å². The van der Waals surface area contributed by atoms with E-state index in [9.17, 15) is 4.79 Å². The van der Waals surface area contributed by atoms with E-state index in [1.165, 1.54) is 4.80 Å². The number of anilines is 1. The molecule has 2 rings (SSSR count). The minimum absolute atomic E-state index is 0.126. The third kappa shape index (κ3) is 3.35. The lowest BCUT2D eigenvalue weighted by Gasteiger charge is -2.08. The SMILES string of the molecule is Cc1ccc(C(=O)NC(=S)Nc2nnn(C)n2)cc1C. The number of rotatable bonds is 2. The minimum atomic E-state index is -0.283. The smallest absolute Gasteiger partial charge is 0.269 e. The van der Waals surface area contributed by atoms with Gasteiger partial charge in [0.25, 0.3) is 11.9 Å². The molecule has 2 aromatic rings. The number of nitrogens with zero attached hydrogens (tertiary/aromatic N) is 4. The molecule has 0 saturated carbocycles. The average molecular weight is 290 g/mol. The lowest BCUT2D eigenvalue weighted by atomic mass is 10.1. The molecule has 1 aromatic carbocycles. The van der Waals surface area contributed by atoms with Crippen molar-refractivity contribution in [2.45, 2.75) is 13.8 Å². The van der Waals surface area contributed by atoms with Crippen molar-refractivity contribution in [2.24, 2.45) is 7.05 Å². The van der Waals surface area contributed by atoms with Gasteiger partial charge in [0, 0.05) is 5.56 Å². The van der Waals surface area contributed by atoms with Crippen LogP contribution in [0, 0.1) is 13.8 Å². The van der Waals surface area contributed by atoms with Crippen LogP contribution in [0.5, 0.6) is 0 Å². The fraction of sp³-hybridized carbons (Fsp3) is 0.250. The van der Waals surface area contributed by atoms with Gasteiger partial charge in [-0.15, -0.1) is 5.10 Å². The van der Waals surface area contributed by atoms with Crippen molar-refractivity contribution in [1.82, 2.24) is 25.5 Å². The van der Waals surface area contributed by atoms with Crippen molar-refractivity contribution in [3.63, 3.8) is 0 Å². The van der Waals surface area contributed by atoms with Crippen molar-refractivity contribution in [2.75, 3.05) is 5.32 Å². The Morgan fingerprint density at radius 2 is 2.05 bits per heavy atom. The van der Waals surface area contributed by atoms with E-state index in [4.69, 9.17) is 12.2 Å². The first kappa shape index (κ1) is 14.1. The van der Waals surface area contributed by atoms with Gasteiger partial charge in [-0.3, -0.25) is 15.4 Å². The number of tetrazole rings is 1. The standard InChI is InChI=1S/C12H14N6OS/c1-7-4-5-9(6-8(7)2)10(19)13-12(20)14-11-15-17-18(3)16-11/h4-6H,1-3H3,(H2,13,14,16,19,20). The average Bonchev–Trinajstić information content (AvgIpc) is 2.77. The van der Waals surface area contributed by atoms with Crippen LogP contribution < -0.4 is 10.6 Å². The molecule has 0 aliphatic carbocycles. The van der Waals surface area contributed by atoms with Crippen LogP contribution in [0.2, 0.25) is 0 Å². The van der Waals surface area contributed by atoms with Crippen LogP contribution in [0.1, 0.15) is 21.5 Å². The van der Waals surface area contributed by atoms with E-state index in [1.54, 1.807) is 13.1 Å². The van der Waals surface area contributed by atoms with Crippen LogP contribution in [0.25, 0.3) is 0 Å². The number of hydrogen-bond acceptors (Lipinski definition) is 5. The van der Waals surface area contributed by atoms with Crippen LogP contribution >= 0.6 is 12.2 Å². The summed E-state index contributed by atoms with van der Waals surface area (Å²) in [5, 5.41) is 16.6. The number of hydrogen-bond donors (Lipinski definition) is 2. The minimum Gasteiger partial charge on any atom is -0.299 e. The van der Waals surface area contributed by atoms with Gasteiger partial charge >= 0.3 is 0 Å². The van der Waals surface area contributed by atoms with E-state index < -0.39 is 0 Å². The largest absolute Gasteiger partial charge is 0.299 e. The maximum absolute atomic E-state index is 12.0. The van der Waals surface area contributed by atoms with Crippen LogP contribution in [-0.2, 0) is 7.05 Å². The number of thiocarbonyl (C=S) groups is 1. The molecule has 1 amide bonds. The maximum Gasteiger partial charge on any atom is 0.269 e. The zero-order chi connectivity index (χ0) is 14.7. The maximum atomic E-state index is 12.0. The Kier molecular flexibility index (Phi) is 4.04. The normalized spacial score (nSPS) is 10.2. The summed E-state index contributed by atoms with van der Waals surface area (Å²) in [6, 6.07) is 5.46. The molecule has 0 saturated heterocycles. The Morgan fingerprint density at radius 3 is 2.65 bits per heavy atom. The highest BCUT2D eigenvalue weighted by molar-refractivity contribution is 7.80. The summed E-state index contributed by atoms with van der Waals surface area (Å²) in [6.07, 6.45) is 0. The summed E-state index contributed by atoms with van der Waals surface area (Å²) in [5.41, 5.74) is 2.72. The Bertz CT molecular complexity index is 666. The van der Waals surface area contributed by atoms with E-state index in [1.807, 2.05) is 26.0 Å². The number of aryl methyl sites for hydroxylation is 3. The second kappa shape index (κ2) is 5.74. The first-order valence-corrected chi connectivity index (χ1v) is 6.30. The molecule has 0 spiro atoms. The van der Waals surface area contributed by atoms with Crippen LogP contribution in [0.3, 0.4) is 0 Å². The molecule has 1 heterocycles. The second-order valence-corrected chi connectivity index (χ2v) is 4.72. The molecule has 0 unspecified atom stereocenters. The number of carbonyl (C=O) groups excluding carboxylic acids is 1. The molecule has 1 aromatic heterocycles. The number of carbonyl (C=O) groups is 1. The molecule has 2 N–H and O–H groups in total. The number of aromatic nitrogens is 4. The van der Waals surface area contributed by atoms with Gasteiger partial charge < -0.3 is 0 Å². The van der Waals surface area contributed by atoms with Crippen LogP contribution in [0.15, 0.2) is 18.2 Å². The van der Waals surface area contributed by atoms with E-state index in [-0.39, 0.29) is 17.0 Å². The summed E-state index contributed by atoms with van der Waals surface area (Å²) < 4.78 is 0. The lowest BCUT2D eigenvalue weighted by Crippen LogP contribution is -2.34. The molecular weight excluding hydrogens is 276 g/mol. The monoisotopic (exact) mass is 290 g/mol. The van der Waals surface area contributed by atoms with Crippen molar-refractivity contribution >= 4 is 29.2 Å². The first-order chi connectivity index (χ1) is 9.45. The predicted octanol–water partition coefficient (Wildman–Crippen LogP) is 0.954. The van der Waals surface area contributed by atoms with Crippen LogP contribution in [0.4, 0.5) is 5.95 Å². The molecule has 0 fully saturated rings. The molecule has 8 heteroatoms. The molecule has 20 heavy (non-hydrogen) atoms. The summed E-state index contributed by atoms with van der Waals surface area (Å²) >= 11 is 5.02. The zero-order valence-electron chi connectivity index (χ0n) is 11.3. The number of benzene rings is 1. The Morgan fingerprint density at radius 1 is 1.30 bits per heavy atom. The topological polar surface area (TPSA) is 84.7 Å². The van der Waals surface area contributed by atoms with Crippen molar-refractivity contribution in [3.05, 3.63) is 34.9 Å². The molecule has 0 radical (unpaired) electrons. The lowest BCUT2D eigenvalue weighted by molar-refractivity contribution is 0.0977. The van der Waals surface area contributed by atoms with Gasteiger partial charge in [-0.05, 0) is 54.5 Å². The molecule has 0 bridgehead atoms. The highest BCUT2D eigenvalue weighted by Gasteiger charge is 2.10. The van der Waals surface area contributed by atoms with Crippen molar-refractivity contribution in [3.8, 4) is 0 Å². The number of amides is 1. The molecule has 7 nitrogen and oxygen atoms in total. The summed E-state index contributed by atoms with van der Waals surface area (Å²) in [6.45, 7) is 3.94. The molecule has 0 atom stereocenters. The van der Waals surface area contributed by atoms with E-state index >= 15 is 0 Å². The quantitative estimate of drug-likeness (QED) is 0.801. The van der Waals surface area contributed by atoms with E-state index in [0.717, 1.165) is 11.1 Å². The third-order valence-electron chi connectivity index (χ3n) is 2.73. The van der Waals surface area contributed by atoms with Gasteiger partial charge in [0.1, 0.15) is 0 Å². The van der Waals surface area contributed by atoms with Crippen LogP contribution in [-0.4, -0.2) is 31.2 Å². The highest BCUT2D eigenvalue weighted by Crippen LogP contribution is 2.09. The first-order valence-electron chi connectivity index (χ1n) is 5.89. The van der Waals surface area contributed by atoms with Gasteiger partial charge in [0.05, 0.1) is 7.05 Å². The highest BCUT2D eigenvalue weighted by atomic mass is 32.1. The summed E-state index contributed by atoms with van der Waals surface area (Å²) in [4.78, 5) is 13.3. The van der Waals surface area contributed by atoms with Gasteiger partial charge in [0.15, 0.2) is 5.11 Å². The molecular formula is C12H14N6OS. The Hall–Kier alpha value is -2.35. The van der Waals surface area contributed by atoms with Crippen molar-refractivity contribution < 1.29 is 4.79 Å². The summed E-state index contributed by atoms with van der Waals surface area (Å²) in [5.74, 6) is -0.0487. The number of nitrogens with one attached hydrogen (secondary N) is 2. The third-order valence-corrected chi connectivity index (χ3v) is 2.93. The molecule has 104 valence electrons.